The molecule has 1 amide bonds. The molecular weight excluding hydrogens is 519 g/mol. The summed E-state index contributed by atoms with van der Waals surface area (Å²) < 4.78 is 26.3. The zero-order valence-electron chi connectivity index (χ0n) is 21.8. The lowest BCUT2D eigenvalue weighted by Crippen LogP contribution is -2.42. The van der Waals surface area contributed by atoms with Gasteiger partial charge in [-0.1, -0.05) is 60.3 Å². The Labute approximate surface area is 231 Å². The van der Waals surface area contributed by atoms with Crippen LogP contribution in [0.3, 0.4) is 0 Å². The number of ether oxygens (including phenoxy) is 2. The summed E-state index contributed by atoms with van der Waals surface area (Å²) in [5.41, 5.74) is 2.52. The maximum atomic E-state index is 15.2. The van der Waals surface area contributed by atoms with E-state index in [1.807, 2.05) is 35.7 Å². The van der Waals surface area contributed by atoms with E-state index in [1.54, 1.807) is 30.0 Å². The molecule has 204 valence electrons. The van der Waals surface area contributed by atoms with Crippen LogP contribution < -0.4 is 5.32 Å². The Morgan fingerprint density at radius 2 is 1.87 bits per heavy atom. The summed E-state index contributed by atoms with van der Waals surface area (Å²) in [7, 11) is 0. The molecule has 1 N–H and O–H groups in total. The highest BCUT2D eigenvalue weighted by molar-refractivity contribution is 8.16. The summed E-state index contributed by atoms with van der Waals surface area (Å²) in [5, 5.41) is 5.42. The quantitative estimate of drug-likeness (QED) is 0.473. The molecule has 5 rings (SSSR count). The van der Waals surface area contributed by atoms with Crippen LogP contribution in [-0.4, -0.2) is 66.2 Å². The third-order valence-electron chi connectivity index (χ3n) is 6.83. The first-order valence-electron chi connectivity index (χ1n) is 13.0. The topological polar surface area (TPSA) is 83.5 Å². The highest BCUT2D eigenvalue weighted by Crippen LogP contribution is 2.45. The lowest BCUT2D eigenvalue weighted by Gasteiger charge is -2.36. The van der Waals surface area contributed by atoms with Crippen LogP contribution >= 0.6 is 11.8 Å². The van der Waals surface area contributed by atoms with Crippen molar-refractivity contribution in [3.05, 3.63) is 93.9 Å². The Balaban J connectivity index is 1.34. The van der Waals surface area contributed by atoms with Crippen LogP contribution in [0, 0.1) is 5.82 Å². The number of amides is 1. The molecule has 3 aliphatic heterocycles. The standard InChI is InChI=1S/C29H31FN4O4S/c1-20-26(28(36)38-18-21-7-3-2-4-8-21)27(23-9-5-6-10-24(23)30)34-22(19-39-29(34)32-20)17-25(35)31-11-12-33-13-15-37-16-14-33/h2-10,19,27H,11-18H2,1H3,(H,31,35). The molecule has 0 radical (unpaired) electrons. The number of carbonyl (C=O) groups excluding carboxylic acids is 2. The lowest BCUT2D eigenvalue weighted by molar-refractivity contribution is -0.141. The van der Waals surface area contributed by atoms with Gasteiger partial charge in [-0.25, -0.2) is 14.2 Å². The van der Waals surface area contributed by atoms with E-state index in [-0.39, 0.29) is 24.5 Å². The maximum Gasteiger partial charge on any atom is 0.338 e. The van der Waals surface area contributed by atoms with Gasteiger partial charge in [-0.05, 0) is 24.0 Å². The molecule has 1 unspecified atom stereocenters. The zero-order valence-corrected chi connectivity index (χ0v) is 22.6. The third kappa shape index (κ3) is 6.41. The number of nitrogens with one attached hydrogen (secondary N) is 1. The number of allylic oxidation sites excluding steroid dienone is 1. The third-order valence-corrected chi connectivity index (χ3v) is 7.72. The van der Waals surface area contributed by atoms with E-state index >= 15 is 4.39 Å². The van der Waals surface area contributed by atoms with Crippen molar-refractivity contribution in [3.63, 3.8) is 0 Å². The number of thioether (sulfide) groups is 1. The summed E-state index contributed by atoms with van der Waals surface area (Å²) in [6.45, 7) is 6.19. The summed E-state index contributed by atoms with van der Waals surface area (Å²) in [6, 6.07) is 14.9. The predicted molar refractivity (Wildman–Crippen MR) is 148 cm³/mol. The van der Waals surface area contributed by atoms with Crippen LogP contribution in [0.5, 0.6) is 0 Å². The molecule has 39 heavy (non-hydrogen) atoms. The first kappa shape index (κ1) is 27.1. The van der Waals surface area contributed by atoms with Crippen LogP contribution in [-0.2, 0) is 25.7 Å². The number of fused-ring (bicyclic) bond motifs is 1. The SMILES string of the molecule is CC1=C(C(=O)OCc2ccccc2)C(c2ccccc2F)N2C(CC(=O)NCCN3CCOCC3)=CSC2=N1. The molecule has 0 aromatic heterocycles. The van der Waals surface area contributed by atoms with E-state index in [1.165, 1.54) is 17.8 Å². The highest BCUT2D eigenvalue weighted by atomic mass is 32.2. The molecule has 0 saturated carbocycles. The molecule has 2 aromatic carbocycles. The van der Waals surface area contributed by atoms with Gasteiger partial charge in [-0.2, -0.15) is 0 Å². The smallest absolute Gasteiger partial charge is 0.338 e. The molecule has 2 aromatic rings. The number of carbonyl (C=O) groups is 2. The van der Waals surface area contributed by atoms with E-state index in [2.05, 4.69) is 15.2 Å². The van der Waals surface area contributed by atoms with E-state index in [9.17, 15) is 9.59 Å². The Hall–Kier alpha value is -3.47. The number of halogens is 1. The number of aliphatic imine (C=N–C) groups is 1. The zero-order chi connectivity index (χ0) is 27.2. The monoisotopic (exact) mass is 550 g/mol. The molecule has 0 aliphatic carbocycles. The molecule has 1 fully saturated rings. The first-order chi connectivity index (χ1) is 19.0. The Morgan fingerprint density at radius 1 is 1.13 bits per heavy atom. The van der Waals surface area contributed by atoms with Gasteiger partial charge in [0.1, 0.15) is 12.4 Å². The van der Waals surface area contributed by atoms with Gasteiger partial charge in [0.25, 0.3) is 0 Å². The second-order valence-electron chi connectivity index (χ2n) is 9.46. The van der Waals surface area contributed by atoms with Crippen LogP contribution in [0.2, 0.25) is 0 Å². The van der Waals surface area contributed by atoms with Crippen LogP contribution in [0.4, 0.5) is 4.39 Å². The van der Waals surface area contributed by atoms with Gasteiger partial charge in [-0.15, -0.1) is 0 Å². The lowest BCUT2D eigenvalue weighted by atomic mass is 9.93. The minimum atomic E-state index is -0.815. The second kappa shape index (κ2) is 12.6. The first-order valence-corrected chi connectivity index (χ1v) is 13.9. The van der Waals surface area contributed by atoms with Crippen LogP contribution in [0.15, 0.2) is 82.0 Å². The molecule has 0 bridgehead atoms. The van der Waals surface area contributed by atoms with Gasteiger partial charge >= 0.3 is 5.97 Å². The number of morpholine rings is 1. The average Bonchev–Trinajstić information content (AvgIpc) is 3.34. The number of benzene rings is 2. The number of amidine groups is 1. The van der Waals surface area contributed by atoms with Crippen molar-refractivity contribution in [2.75, 3.05) is 39.4 Å². The number of hydrogen-bond acceptors (Lipinski definition) is 8. The summed E-state index contributed by atoms with van der Waals surface area (Å²) in [5.74, 6) is -1.17. The fourth-order valence-corrected chi connectivity index (χ4v) is 5.79. The van der Waals surface area contributed by atoms with Crippen molar-refractivity contribution < 1.29 is 23.5 Å². The van der Waals surface area contributed by atoms with Crippen molar-refractivity contribution in [2.24, 2.45) is 4.99 Å². The van der Waals surface area contributed by atoms with E-state index < -0.39 is 17.8 Å². The fourth-order valence-electron chi connectivity index (χ4n) is 4.83. The molecule has 10 heteroatoms. The Kier molecular flexibility index (Phi) is 8.75. The van der Waals surface area contributed by atoms with Crippen LogP contribution in [0.1, 0.15) is 30.5 Å². The molecule has 1 atom stereocenters. The van der Waals surface area contributed by atoms with E-state index in [0.29, 0.717) is 41.9 Å². The van der Waals surface area contributed by atoms with Crippen LogP contribution in [0.25, 0.3) is 0 Å². The number of rotatable bonds is 9. The summed E-state index contributed by atoms with van der Waals surface area (Å²) >= 11 is 1.36. The van der Waals surface area contributed by atoms with Crippen molar-refractivity contribution in [1.29, 1.82) is 0 Å². The van der Waals surface area contributed by atoms with Crippen molar-refractivity contribution >= 4 is 28.8 Å². The summed E-state index contributed by atoms with van der Waals surface area (Å²) in [6.07, 6.45) is 0.0749. The average molecular weight is 551 g/mol. The molecular formula is C29H31FN4O4S. The van der Waals surface area contributed by atoms with E-state index in [4.69, 9.17) is 9.47 Å². The van der Waals surface area contributed by atoms with Gasteiger partial charge in [-0.3, -0.25) is 9.69 Å². The largest absolute Gasteiger partial charge is 0.457 e. The Bertz CT molecular complexity index is 1310. The second-order valence-corrected chi connectivity index (χ2v) is 10.3. The molecule has 1 saturated heterocycles. The minimum absolute atomic E-state index is 0.0749. The Morgan fingerprint density at radius 3 is 2.64 bits per heavy atom. The number of nitrogens with zero attached hydrogens (tertiary/aromatic N) is 3. The van der Waals surface area contributed by atoms with Crippen molar-refractivity contribution in [1.82, 2.24) is 15.1 Å². The van der Waals surface area contributed by atoms with Gasteiger partial charge < -0.3 is 19.7 Å². The van der Waals surface area contributed by atoms with Gasteiger partial charge in [0.15, 0.2) is 5.17 Å². The summed E-state index contributed by atoms with van der Waals surface area (Å²) in [4.78, 5) is 35.1. The van der Waals surface area contributed by atoms with E-state index in [0.717, 1.165) is 25.2 Å². The van der Waals surface area contributed by atoms with Gasteiger partial charge in [0.05, 0.1) is 36.9 Å². The predicted octanol–water partition coefficient (Wildman–Crippen LogP) is 3.98. The maximum absolute atomic E-state index is 15.2. The molecule has 3 heterocycles. The molecule has 3 aliphatic rings. The van der Waals surface area contributed by atoms with Gasteiger partial charge in [0.2, 0.25) is 5.91 Å². The minimum Gasteiger partial charge on any atom is -0.457 e. The highest BCUT2D eigenvalue weighted by Gasteiger charge is 2.42. The molecule has 8 nitrogen and oxygen atoms in total. The van der Waals surface area contributed by atoms with Crippen molar-refractivity contribution in [3.8, 4) is 0 Å². The van der Waals surface area contributed by atoms with Gasteiger partial charge in [0, 0.05) is 37.4 Å². The molecule has 0 spiro atoms. The fraction of sp³-hybridized carbons (Fsp3) is 0.345. The van der Waals surface area contributed by atoms with Crippen molar-refractivity contribution in [2.45, 2.75) is 26.0 Å². The number of hydrogen-bond donors (Lipinski definition) is 1. The number of esters is 1. The normalized spacial score (nSPS) is 19.3.